The highest BCUT2D eigenvalue weighted by atomic mass is 16.5. The smallest absolute Gasteiger partial charge is 0.130 e. The Morgan fingerprint density at radius 2 is 2.05 bits per heavy atom. The molecule has 0 radical (unpaired) electrons. The normalized spacial score (nSPS) is 12.5. The van der Waals surface area contributed by atoms with Gasteiger partial charge in [0.25, 0.3) is 0 Å². The summed E-state index contributed by atoms with van der Waals surface area (Å²) in [6.07, 6.45) is 3.65. The largest absolute Gasteiger partial charge is 0.497 e. The Bertz CT molecular complexity index is 591. The monoisotopic (exact) mass is 289 g/mol. The van der Waals surface area contributed by atoms with Crippen LogP contribution in [0.2, 0.25) is 0 Å². The van der Waals surface area contributed by atoms with Crippen molar-refractivity contribution in [3.05, 3.63) is 42.0 Å². The van der Waals surface area contributed by atoms with Crippen LogP contribution in [0.5, 0.6) is 11.5 Å². The van der Waals surface area contributed by atoms with Crippen LogP contribution in [0.25, 0.3) is 0 Å². The molecular formula is C16H23N3O2. The zero-order valence-corrected chi connectivity index (χ0v) is 13.0. The molecular weight excluding hydrogens is 266 g/mol. The van der Waals surface area contributed by atoms with Gasteiger partial charge in [0.15, 0.2) is 0 Å². The van der Waals surface area contributed by atoms with E-state index >= 15 is 0 Å². The van der Waals surface area contributed by atoms with Gasteiger partial charge in [-0.05, 0) is 26.8 Å². The summed E-state index contributed by atoms with van der Waals surface area (Å²) >= 11 is 0. The lowest BCUT2D eigenvalue weighted by molar-refractivity contribution is 0.286. The number of rotatable bonds is 6. The van der Waals surface area contributed by atoms with Gasteiger partial charge in [0.05, 0.1) is 25.3 Å². The Morgan fingerprint density at radius 1 is 1.29 bits per heavy atom. The second-order valence-electron chi connectivity index (χ2n) is 5.37. The summed E-state index contributed by atoms with van der Waals surface area (Å²) in [6, 6.07) is 5.96. The van der Waals surface area contributed by atoms with Crippen molar-refractivity contribution in [1.29, 1.82) is 0 Å². The predicted octanol–water partition coefficient (Wildman–Crippen LogP) is 3.07. The summed E-state index contributed by atoms with van der Waals surface area (Å²) in [5.74, 6) is 1.51. The van der Waals surface area contributed by atoms with Crippen LogP contribution in [0.15, 0.2) is 30.7 Å². The minimum absolute atomic E-state index is 0.0964. The van der Waals surface area contributed by atoms with E-state index in [0.29, 0.717) is 12.6 Å². The highest BCUT2D eigenvalue weighted by molar-refractivity contribution is 5.42. The maximum Gasteiger partial charge on any atom is 0.130 e. The first-order valence-corrected chi connectivity index (χ1v) is 7.10. The van der Waals surface area contributed by atoms with Crippen LogP contribution in [0.1, 0.15) is 44.1 Å². The molecule has 0 amide bonds. The third kappa shape index (κ3) is 3.55. The van der Waals surface area contributed by atoms with E-state index in [9.17, 15) is 0 Å². The third-order valence-corrected chi connectivity index (χ3v) is 3.39. The Hall–Kier alpha value is -2.01. The summed E-state index contributed by atoms with van der Waals surface area (Å²) in [5, 5.41) is 0. The van der Waals surface area contributed by atoms with Gasteiger partial charge < -0.3 is 19.8 Å². The van der Waals surface area contributed by atoms with Crippen LogP contribution in [0.3, 0.4) is 0 Å². The molecule has 5 nitrogen and oxygen atoms in total. The molecule has 21 heavy (non-hydrogen) atoms. The summed E-state index contributed by atoms with van der Waals surface area (Å²) in [7, 11) is 1.64. The highest BCUT2D eigenvalue weighted by Crippen LogP contribution is 2.29. The zero-order chi connectivity index (χ0) is 15.4. The van der Waals surface area contributed by atoms with Gasteiger partial charge in [-0.2, -0.15) is 0 Å². The number of aromatic nitrogens is 2. The highest BCUT2D eigenvalue weighted by Gasteiger charge is 2.12. The van der Waals surface area contributed by atoms with Crippen molar-refractivity contribution in [2.24, 2.45) is 5.73 Å². The second kappa shape index (κ2) is 6.63. The number of nitrogens with two attached hydrogens (primary N) is 1. The van der Waals surface area contributed by atoms with Crippen molar-refractivity contribution in [1.82, 2.24) is 9.55 Å². The van der Waals surface area contributed by atoms with Crippen LogP contribution in [0.4, 0.5) is 0 Å². The molecule has 2 rings (SSSR count). The SMILES string of the molecule is COc1ccc(C(C)N)c(OCc2cncn2C(C)C)c1. The molecule has 0 aliphatic rings. The lowest BCUT2D eigenvalue weighted by atomic mass is 10.1. The summed E-state index contributed by atoms with van der Waals surface area (Å²) in [4.78, 5) is 4.18. The molecule has 1 unspecified atom stereocenters. The molecule has 0 saturated heterocycles. The Balaban J connectivity index is 2.20. The fourth-order valence-corrected chi connectivity index (χ4v) is 2.20. The Labute approximate surface area is 125 Å². The predicted molar refractivity (Wildman–Crippen MR) is 82.5 cm³/mol. The molecule has 0 aliphatic carbocycles. The molecule has 0 aliphatic heterocycles. The molecule has 0 bridgehead atoms. The second-order valence-corrected chi connectivity index (χ2v) is 5.37. The Morgan fingerprint density at radius 3 is 2.67 bits per heavy atom. The lowest BCUT2D eigenvalue weighted by Gasteiger charge is -2.17. The van der Waals surface area contributed by atoms with Crippen molar-refractivity contribution in [2.75, 3.05) is 7.11 Å². The minimum atomic E-state index is -0.0964. The number of imidazole rings is 1. The third-order valence-electron chi connectivity index (χ3n) is 3.39. The summed E-state index contributed by atoms with van der Waals surface area (Å²) in [5.41, 5.74) is 7.99. The molecule has 2 N–H and O–H groups in total. The van der Waals surface area contributed by atoms with Gasteiger partial charge in [0.2, 0.25) is 0 Å². The van der Waals surface area contributed by atoms with E-state index in [-0.39, 0.29) is 6.04 Å². The van der Waals surface area contributed by atoms with E-state index in [1.807, 2.05) is 37.6 Å². The van der Waals surface area contributed by atoms with Gasteiger partial charge in [-0.25, -0.2) is 4.98 Å². The zero-order valence-electron chi connectivity index (χ0n) is 13.0. The van der Waals surface area contributed by atoms with E-state index < -0.39 is 0 Å². The van der Waals surface area contributed by atoms with Crippen molar-refractivity contribution < 1.29 is 9.47 Å². The van der Waals surface area contributed by atoms with Crippen LogP contribution in [0, 0.1) is 0 Å². The van der Waals surface area contributed by atoms with Gasteiger partial charge in [0.1, 0.15) is 18.1 Å². The van der Waals surface area contributed by atoms with Gasteiger partial charge in [-0.3, -0.25) is 0 Å². The summed E-state index contributed by atoms with van der Waals surface area (Å²) in [6.45, 7) is 6.62. The molecule has 1 atom stereocenters. The van der Waals surface area contributed by atoms with E-state index in [1.54, 1.807) is 7.11 Å². The van der Waals surface area contributed by atoms with E-state index in [0.717, 1.165) is 22.8 Å². The number of ether oxygens (including phenoxy) is 2. The molecule has 1 heterocycles. The molecule has 5 heteroatoms. The van der Waals surface area contributed by atoms with Crippen molar-refractivity contribution >= 4 is 0 Å². The fourth-order valence-electron chi connectivity index (χ4n) is 2.20. The molecule has 2 aromatic rings. The average molecular weight is 289 g/mol. The van der Waals surface area contributed by atoms with Crippen LogP contribution < -0.4 is 15.2 Å². The summed E-state index contributed by atoms with van der Waals surface area (Å²) < 4.78 is 13.3. The van der Waals surface area contributed by atoms with Gasteiger partial charge >= 0.3 is 0 Å². The first-order chi connectivity index (χ1) is 10.0. The first kappa shape index (κ1) is 15.4. The van der Waals surface area contributed by atoms with E-state index in [1.165, 1.54) is 0 Å². The number of nitrogens with zero attached hydrogens (tertiary/aromatic N) is 2. The lowest BCUT2D eigenvalue weighted by Crippen LogP contribution is -2.10. The van der Waals surface area contributed by atoms with Gasteiger partial charge in [-0.1, -0.05) is 6.07 Å². The molecule has 114 valence electrons. The molecule has 1 aromatic carbocycles. The van der Waals surface area contributed by atoms with Crippen LogP contribution >= 0.6 is 0 Å². The van der Waals surface area contributed by atoms with Gasteiger partial charge in [0, 0.05) is 23.7 Å². The van der Waals surface area contributed by atoms with Crippen LogP contribution in [-0.4, -0.2) is 16.7 Å². The van der Waals surface area contributed by atoms with Gasteiger partial charge in [-0.15, -0.1) is 0 Å². The minimum Gasteiger partial charge on any atom is -0.497 e. The number of methoxy groups -OCH3 is 1. The Kier molecular flexibility index (Phi) is 4.85. The maximum atomic E-state index is 5.99. The topological polar surface area (TPSA) is 62.3 Å². The molecule has 0 saturated carbocycles. The molecule has 0 fully saturated rings. The average Bonchev–Trinajstić information content (AvgIpc) is 2.93. The first-order valence-electron chi connectivity index (χ1n) is 7.10. The van der Waals surface area contributed by atoms with Crippen LogP contribution in [-0.2, 0) is 6.61 Å². The maximum absolute atomic E-state index is 5.99. The fraction of sp³-hybridized carbons (Fsp3) is 0.438. The standard InChI is InChI=1S/C16H23N3O2/c1-11(2)19-10-18-8-13(19)9-21-16-7-14(20-4)5-6-15(16)12(3)17/h5-8,10-12H,9,17H2,1-4H3. The quantitative estimate of drug-likeness (QED) is 0.887. The van der Waals surface area contributed by atoms with Crippen molar-refractivity contribution in [2.45, 2.75) is 39.5 Å². The number of hydrogen-bond donors (Lipinski definition) is 1. The van der Waals surface area contributed by atoms with Crippen molar-refractivity contribution in [3.8, 4) is 11.5 Å². The van der Waals surface area contributed by atoms with E-state index in [4.69, 9.17) is 15.2 Å². The molecule has 0 spiro atoms. The number of hydrogen-bond acceptors (Lipinski definition) is 4. The molecule has 1 aromatic heterocycles. The number of benzene rings is 1. The van der Waals surface area contributed by atoms with E-state index in [2.05, 4.69) is 23.4 Å². The van der Waals surface area contributed by atoms with Crippen molar-refractivity contribution in [3.63, 3.8) is 0 Å².